The first-order chi connectivity index (χ1) is 13.4. The largest absolute Gasteiger partial charge is 0.494 e. The molecule has 2 aromatic heterocycles. The Morgan fingerprint density at radius 3 is 2.82 bits per heavy atom. The zero-order valence-corrected chi connectivity index (χ0v) is 16.0. The second-order valence-electron chi connectivity index (χ2n) is 7.46. The van der Waals surface area contributed by atoms with E-state index in [-0.39, 0.29) is 5.82 Å². The smallest absolute Gasteiger partial charge is 0.162 e. The number of benzene rings is 2. The summed E-state index contributed by atoms with van der Waals surface area (Å²) in [4.78, 5) is 0. The van der Waals surface area contributed by atoms with Crippen LogP contribution in [0.25, 0.3) is 27.7 Å². The minimum Gasteiger partial charge on any atom is -0.494 e. The molecule has 0 fully saturated rings. The van der Waals surface area contributed by atoms with Gasteiger partial charge in [-0.3, -0.25) is 9.67 Å². The number of fused-ring (bicyclic) bond motifs is 4. The van der Waals surface area contributed by atoms with Crippen molar-refractivity contribution in [3.05, 3.63) is 47.9 Å². The highest BCUT2D eigenvalue weighted by Gasteiger charge is 2.37. The molecule has 2 N–H and O–H groups in total. The van der Waals surface area contributed by atoms with E-state index in [9.17, 15) is 0 Å². The first-order valence-corrected chi connectivity index (χ1v) is 8.96. The lowest BCUT2D eigenvalue weighted by molar-refractivity contribution is 0.408. The van der Waals surface area contributed by atoms with Gasteiger partial charge in [0.25, 0.3) is 0 Å². The van der Waals surface area contributed by atoms with Crippen molar-refractivity contribution in [1.29, 1.82) is 0 Å². The molecule has 142 valence electrons. The van der Waals surface area contributed by atoms with Gasteiger partial charge in [-0.2, -0.15) is 5.10 Å². The maximum Gasteiger partial charge on any atom is 0.162 e. The van der Waals surface area contributed by atoms with Crippen molar-refractivity contribution in [3.8, 4) is 22.6 Å². The number of nitrogens with one attached hydrogen (secondary N) is 2. The van der Waals surface area contributed by atoms with Crippen LogP contribution in [0.4, 0.5) is 10.1 Å². The molecule has 0 aliphatic carbocycles. The Morgan fingerprint density at radius 2 is 2.04 bits per heavy atom. The van der Waals surface area contributed by atoms with E-state index in [1.165, 1.54) is 6.07 Å². The number of methoxy groups -OCH3 is 1. The zero-order valence-electron chi connectivity index (χ0n) is 16.0. The van der Waals surface area contributed by atoms with Crippen molar-refractivity contribution < 1.29 is 9.13 Å². The lowest BCUT2D eigenvalue weighted by Crippen LogP contribution is -2.36. The Kier molecular flexibility index (Phi) is 3.31. The van der Waals surface area contributed by atoms with Crippen molar-refractivity contribution in [2.75, 3.05) is 12.4 Å². The van der Waals surface area contributed by atoms with Crippen molar-refractivity contribution in [1.82, 2.24) is 25.0 Å². The SMILES string of the molecule is COc1c(-c2cccc3[nH]ncc23)c(F)cc2c1-n1c(C)nnc1C(C)(C)N2. The lowest BCUT2D eigenvalue weighted by atomic mass is 9.95. The summed E-state index contributed by atoms with van der Waals surface area (Å²) >= 11 is 0. The molecule has 0 saturated carbocycles. The van der Waals surface area contributed by atoms with Crippen LogP contribution in [0.1, 0.15) is 25.5 Å². The Bertz CT molecular complexity index is 1240. The maximum absolute atomic E-state index is 15.4. The van der Waals surface area contributed by atoms with Gasteiger partial charge in [0.05, 0.1) is 35.6 Å². The van der Waals surface area contributed by atoms with Crippen LogP contribution in [-0.2, 0) is 5.54 Å². The van der Waals surface area contributed by atoms with Gasteiger partial charge in [-0.1, -0.05) is 12.1 Å². The molecular weight excluding hydrogens is 359 g/mol. The highest BCUT2D eigenvalue weighted by molar-refractivity contribution is 5.98. The number of nitrogens with zero attached hydrogens (tertiary/aromatic N) is 4. The number of aryl methyl sites for hydroxylation is 1. The summed E-state index contributed by atoms with van der Waals surface area (Å²) in [7, 11) is 1.55. The quantitative estimate of drug-likeness (QED) is 0.552. The van der Waals surface area contributed by atoms with Crippen molar-refractivity contribution >= 4 is 16.6 Å². The molecule has 1 aliphatic rings. The normalized spacial score (nSPS) is 14.5. The fourth-order valence-corrected chi connectivity index (χ4v) is 4.00. The molecule has 2 aromatic carbocycles. The highest BCUT2D eigenvalue weighted by atomic mass is 19.1. The van der Waals surface area contributed by atoms with Crippen LogP contribution in [0, 0.1) is 12.7 Å². The van der Waals surface area contributed by atoms with Gasteiger partial charge in [0.15, 0.2) is 11.6 Å². The number of rotatable bonds is 2. The Morgan fingerprint density at radius 1 is 1.21 bits per heavy atom. The lowest BCUT2D eigenvalue weighted by Gasteiger charge is -2.35. The fraction of sp³-hybridized carbons (Fsp3) is 0.250. The second kappa shape index (κ2) is 5.54. The van der Waals surface area contributed by atoms with E-state index in [1.54, 1.807) is 13.3 Å². The summed E-state index contributed by atoms with van der Waals surface area (Å²) < 4.78 is 23.1. The van der Waals surface area contributed by atoms with Crippen molar-refractivity contribution in [2.45, 2.75) is 26.3 Å². The molecule has 1 aliphatic heterocycles. The molecule has 7 nitrogen and oxygen atoms in total. The molecule has 28 heavy (non-hydrogen) atoms. The van der Waals surface area contributed by atoms with E-state index < -0.39 is 5.54 Å². The zero-order chi connectivity index (χ0) is 19.6. The van der Waals surface area contributed by atoms with Gasteiger partial charge >= 0.3 is 0 Å². The van der Waals surface area contributed by atoms with Crippen LogP contribution in [0.3, 0.4) is 0 Å². The van der Waals surface area contributed by atoms with Crippen LogP contribution < -0.4 is 10.1 Å². The number of H-pyrrole nitrogens is 1. The van der Waals surface area contributed by atoms with Gasteiger partial charge < -0.3 is 10.1 Å². The first kappa shape index (κ1) is 16.7. The molecular formula is C20H19FN6O. The van der Waals surface area contributed by atoms with Gasteiger partial charge in [0.2, 0.25) is 0 Å². The van der Waals surface area contributed by atoms with Gasteiger partial charge in [0, 0.05) is 11.5 Å². The predicted octanol–water partition coefficient (Wildman–Crippen LogP) is 3.93. The molecule has 0 unspecified atom stereocenters. The molecule has 3 heterocycles. The summed E-state index contributed by atoms with van der Waals surface area (Å²) in [6.07, 6.45) is 1.69. The third kappa shape index (κ3) is 2.11. The molecule has 4 aromatic rings. The van der Waals surface area contributed by atoms with Crippen LogP contribution in [0.15, 0.2) is 30.5 Å². The van der Waals surface area contributed by atoms with E-state index >= 15 is 4.39 Å². The third-order valence-corrected chi connectivity index (χ3v) is 5.22. The number of hydrogen-bond acceptors (Lipinski definition) is 5. The van der Waals surface area contributed by atoms with Crippen LogP contribution in [-0.4, -0.2) is 32.1 Å². The third-order valence-electron chi connectivity index (χ3n) is 5.22. The van der Waals surface area contributed by atoms with E-state index in [4.69, 9.17) is 4.74 Å². The van der Waals surface area contributed by atoms with Gasteiger partial charge in [-0.25, -0.2) is 4.39 Å². The van der Waals surface area contributed by atoms with Crippen LogP contribution in [0.5, 0.6) is 5.75 Å². The summed E-state index contributed by atoms with van der Waals surface area (Å²) in [6.45, 7) is 5.85. The number of anilines is 1. The van der Waals surface area contributed by atoms with Crippen LogP contribution >= 0.6 is 0 Å². The summed E-state index contributed by atoms with van der Waals surface area (Å²) in [6, 6.07) is 7.15. The standard InChI is InChI=1S/C20H19FN6O/c1-10-24-26-19-20(2,3)23-15-8-13(21)16(18(28-4)17(15)27(10)19)11-6-5-7-14-12(11)9-22-25-14/h5-9,23H,1-4H3,(H,22,25). The van der Waals surface area contributed by atoms with E-state index in [1.807, 2.05) is 43.5 Å². The van der Waals surface area contributed by atoms with Gasteiger partial charge in [0.1, 0.15) is 17.3 Å². The molecule has 0 amide bonds. The number of ether oxygens (including phenoxy) is 1. The number of hydrogen-bond donors (Lipinski definition) is 2. The van der Waals surface area contributed by atoms with E-state index in [0.29, 0.717) is 34.1 Å². The molecule has 0 spiro atoms. The number of halogens is 1. The van der Waals surface area contributed by atoms with Gasteiger partial charge in [-0.15, -0.1) is 10.2 Å². The summed E-state index contributed by atoms with van der Waals surface area (Å²) in [5.74, 6) is 1.51. The summed E-state index contributed by atoms with van der Waals surface area (Å²) in [5.41, 5.74) is 2.76. The average Bonchev–Trinajstić information content (AvgIpc) is 3.27. The molecule has 0 saturated heterocycles. The monoisotopic (exact) mass is 378 g/mol. The van der Waals surface area contributed by atoms with Crippen molar-refractivity contribution in [2.24, 2.45) is 0 Å². The van der Waals surface area contributed by atoms with Crippen LogP contribution in [0.2, 0.25) is 0 Å². The van der Waals surface area contributed by atoms with Crippen molar-refractivity contribution in [3.63, 3.8) is 0 Å². The molecule has 8 heteroatoms. The summed E-state index contributed by atoms with van der Waals surface area (Å²) in [5, 5.41) is 19.8. The number of aromatic amines is 1. The Hall–Kier alpha value is -3.42. The minimum atomic E-state index is -0.502. The molecule has 5 rings (SSSR count). The Balaban J connectivity index is 1.89. The number of aromatic nitrogens is 5. The molecule has 0 atom stereocenters. The van der Waals surface area contributed by atoms with E-state index in [0.717, 1.165) is 16.7 Å². The fourth-order valence-electron chi connectivity index (χ4n) is 4.00. The Labute approximate surface area is 160 Å². The average molecular weight is 378 g/mol. The van der Waals surface area contributed by atoms with Gasteiger partial charge in [-0.05, 0) is 32.4 Å². The van der Waals surface area contributed by atoms with E-state index in [2.05, 4.69) is 25.7 Å². The molecule has 0 bridgehead atoms. The molecule has 0 radical (unpaired) electrons. The highest BCUT2D eigenvalue weighted by Crippen LogP contribution is 2.48. The predicted molar refractivity (Wildman–Crippen MR) is 104 cm³/mol. The topological polar surface area (TPSA) is 80.7 Å². The minimum absolute atomic E-state index is 0.373. The maximum atomic E-state index is 15.4. The second-order valence-corrected chi connectivity index (χ2v) is 7.46. The first-order valence-electron chi connectivity index (χ1n) is 8.96.